The zero-order valence-corrected chi connectivity index (χ0v) is 10.1. The van der Waals surface area contributed by atoms with E-state index in [0.717, 1.165) is 32.4 Å². The first kappa shape index (κ1) is 10.5. The Morgan fingerprint density at radius 1 is 1.21 bits per heavy atom. The number of likely N-dealkylation sites (tertiary alicyclic amines) is 1. The predicted octanol–water partition coefficient (Wildman–Crippen LogP) is 2.56. The number of amides is 1. The molecule has 14 heavy (non-hydrogen) atoms. The summed E-state index contributed by atoms with van der Waals surface area (Å²) in [6, 6.07) is 0. The minimum absolute atomic E-state index is 0.397. The number of halogens is 1. The lowest BCUT2D eigenvalue weighted by Gasteiger charge is -2.32. The van der Waals surface area contributed by atoms with Crippen molar-refractivity contribution in [3.63, 3.8) is 0 Å². The average molecular weight is 260 g/mol. The highest BCUT2D eigenvalue weighted by Gasteiger charge is 2.26. The van der Waals surface area contributed by atoms with Gasteiger partial charge in [-0.15, -0.1) is 0 Å². The molecular formula is C11H18BrNO. The van der Waals surface area contributed by atoms with Gasteiger partial charge in [-0.25, -0.2) is 0 Å². The average Bonchev–Trinajstić information content (AvgIpc) is 2.12. The molecule has 0 atom stereocenters. The molecule has 1 saturated carbocycles. The molecule has 1 saturated heterocycles. The number of carbonyl (C=O) groups excluding carboxylic acids is 1. The molecule has 1 amide bonds. The molecule has 0 aromatic rings. The van der Waals surface area contributed by atoms with E-state index in [1.165, 1.54) is 19.3 Å². The molecule has 3 heteroatoms. The zero-order chi connectivity index (χ0) is 9.97. The van der Waals surface area contributed by atoms with Gasteiger partial charge < -0.3 is 4.90 Å². The van der Waals surface area contributed by atoms with Gasteiger partial charge in [0.05, 0.1) is 0 Å². The van der Waals surface area contributed by atoms with E-state index in [1.807, 2.05) is 0 Å². The van der Waals surface area contributed by atoms with Gasteiger partial charge in [0.2, 0.25) is 5.91 Å². The topological polar surface area (TPSA) is 20.3 Å². The lowest BCUT2D eigenvalue weighted by atomic mass is 9.82. The number of carbonyl (C=O) groups is 1. The molecule has 1 aliphatic carbocycles. The molecule has 2 nitrogen and oxygen atoms in total. The smallest absolute Gasteiger partial charge is 0.222 e. The Kier molecular flexibility index (Phi) is 3.47. The molecule has 2 fully saturated rings. The van der Waals surface area contributed by atoms with Crippen LogP contribution in [-0.4, -0.2) is 28.7 Å². The summed E-state index contributed by atoms with van der Waals surface area (Å²) in [5.41, 5.74) is 0. The van der Waals surface area contributed by atoms with Crippen LogP contribution in [0.25, 0.3) is 0 Å². The van der Waals surface area contributed by atoms with Crippen LogP contribution in [0.2, 0.25) is 0 Å². The first-order valence-corrected chi connectivity index (χ1v) is 6.59. The molecule has 80 valence electrons. The molecule has 2 aliphatic rings. The summed E-state index contributed by atoms with van der Waals surface area (Å²) in [6.07, 6.45) is 6.95. The summed E-state index contributed by atoms with van der Waals surface area (Å²) in [6.45, 7) is 1.92. The van der Waals surface area contributed by atoms with Gasteiger partial charge in [0, 0.05) is 24.3 Å². The van der Waals surface area contributed by atoms with E-state index in [9.17, 15) is 4.79 Å². The third kappa shape index (κ3) is 2.50. The van der Waals surface area contributed by atoms with E-state index in [4.69, 9.17) is 0 Å². The molecule has 0 spiro atoms. The van der Waals surface area contributed by atoms with Crippen molar-refractivity contribution >= 4 is 21.8 Å². The highest BCUT2D eigenvalue weighted by atomic mass is 79.9. The largest absolute Gasteiger partial charge is 0.343 e. The number of rotatable bonds is 2. The van der Waals surface area contributed by atoms with Crippen molar-refractivity contribution in [2.45, 2.75) is 43.4 Å². The van der Waals surface area contributed by atoms with Crippen LogP contribution < -0.4 is 0 Å². The van der Waals surface area contributed by atoms with Crippen LogP contribution in [-0.2, 0) is 4.79 Å². The van der Waals surface area contributed by atoms with Crippen molar-refractivity contribution in [1.82, 2.24) is 4.90 Å². The highest BCUT2D eigenvalue weighted by molar-refractivity contribution is 9.09. The van der Waals surface area contributed by atoms with Crippen molar-refractivity contribution in [3.05, 3.63) is 0 Å². The fourth-order valence-electron chi connectivity index (χ4n) is 2.17. The molecule has 1 aliphatic heterocycles. The Balaban J connectivity index is 1.74. The lowest BCUT2D eigenvalue weighted by molar-refractivity contribution is -0.133. The van der Waals surface area contributed by atoms with Gasteiger partial charge in [-0.05, 0) is 31.6 Å². The quantitative estimate of drug-likeness (QED) is 0.699. The maximum Gasteiger partial charge on any atom is 0.222 e. The summed E-state index contributed by atoms with van der Waals surface area (Å²) in [5, 5.41) is 0. The van der Waals surface area contributed by atoms with Gasteiger partial charge in [0.25, 0.3) is 0 Å². The van der Waals surface area contributed by atoms with Crippen molar-refractivity contribution in [1.29, 1.82) is 0 Å². The Hall–Kier alpha value is -0.0500. The minimum atomic E-state index is 0.397. The number of hydrogen-bond acceptors (Lipinski definition) is 1. The highest BCUT2D eigenvalue weighted by Crippen LogP contribution is 2.30. The molecule has 0 unspecified atom stereocenters. The molecule has 1 heterocycles. The van der Waals surface area contributed by atoms with Crippen LogP contribution in [0.5, 0.6) is 0 Å². The van der Waals surface area contributed by atoms with Crippen molar-refractivity contribution in [2.75, 3.05) is 13.1 Å². The van der Waals surface area contributed by atoms with Crippen LogP contribution in [0.4, 0.5) is 0 Å². The molecule has 0 N–H and O–H groups in total. The second-order valence-corrected chi connectivity index (χ2v) is 5.85. The first-order valence-electron chi connectivity index (χ1n) is 5.67. The van der Waals surface area contributed by atoms with Crippen LogP contribution in [0.15, 0.2) is 0 Å². The third-order valence-corrected chi connectivity index (χ3v) is 4.38. The van der Waals surface area contributed by atoms with Crippen LogP contribution in [0.1, 0.15) is 38.5 Å². The Morgan fingerprint density at radius 3 is 2.36 bits per heavy atom. The molecule has 0 aromatic heterocycles. The Labute approximate surface area is 94.2 Å². The van der Waals surface area contributed by atoms with E-state index in [1.54, 1.807) is 0 Å². The minimum Gasteiger partial charge on any atom is -0.343 e. The summed E-state index contributed by atoms with van der Waals surface area (Å²) in [7, 11) is 0. The zero-order valence-electron chi connectivity index (χ0n) is 8.54. The lowest BCUT2D eigenvalue weighted by Crippen LogP contribution is -2.39. The first-order chi connectivity index (χ1) is 6.75. The van der Waals surface area contributed by atoms with Crippen LogP contribution >= 0.6 is 15.9 Å². The Bertz CT molecular complexity index is 207. The fraction of sp³-hybridized carbons (Fsp3) is 0.909. The van der Waals surface area contributed by atoms with Gasteiger partial charge in [-0.3, -0.25) is 4.79 Å². The molecule has 0 aromatic carbocycles. The SMILES string of the molecule is O=C(CC1CCC1)N1CCC(Br)CC1. The second kappa shape index (κ2) is 4.65. The molecular weight excluding hydrogens is 242 g/mol. The number of nitrogens with zero attached hydrogens (tertiary/aromatic N) is 1. The van der Waals surface area contributed by atoms with E-state index < -0.39 is 0 Å². The normalized spacial score (nSPS) is 24.8. The van der Waals surface area contributed by atoms with Crippen molar-refractivity contribution in [3.8, 4) is 0 Å². The summed E-state index contributed by atoms with van der Waals surface area (Å²) < 4.78 is 0. The third-order valence-electron chi connectivity index (χ3n) is 3.47. The number of alkyl halides is 1. The van der Waals surface area contributed by atoms with E-state index in [2.05, 4.69) is 20.8 Å². The summed E-state index contributed by atoms with van der Waals surface area (Å²) in [5.74, 6) is 1.11. The summed E-state index contributed by atoms with van der Waals surface area (Å²) in [4.78, 5) is 14.5. The fourth-order valence-corrected chi connectivity index (χ4v) is 2.58. The van der Waals surface area contributed by atoms with Gasteiger partial charge in [-0.1, -0.05) is 22.4 Å². The van der Waals surface area contributed by atoms with Crippen molar-refractivity contribution < 1.29 is 4.79 Å². The maximum absolute atomic E-state index is 11.8. The van der Waals surface area contributed by atoms with Gasteiger partial charge in [0.1, 0.15) is 0 Å². The summed E-state index contributed by atoms with van der Waals surface area (Å²) >= 11 is 3.60. The van der Waals surface area contributed by atoms with E-state index in [0.29, 0.717) is 16.7 Å². The standard InChI is InChI=1S/C11H18BrNO/c12-10-4-6-13(7-5-10)11(14)8-9-2-1-3-9/h9-10H,1-8H2. The molecule has 2 rings (SSSR count). The maximum atomic E-state index is 11.8. The second-order valence-electron chi connectivity index (χ2n) is 4.56. The van der Waals surface area contributed by atoms with Gasteiger partial charge >= 0.3 is 0 Å². The van der Waals surface area contributed by atoms with Crippen LogP contribution in [0, 0.1) is 5.92 Å². The van der Waals surface area contributed by atoms with E-state index >= 15 is 0 Å². The Morgan fingerprint density at radius 2 is 1.86 bits per heavy atom. The predicted molar refractivity (Wildman–Crippen MR) is 60.5 cm³/mol. The van der Waals surface area contributed by atoms with Gasteiger partial charge in [-0.2, -0.15) is 0 Å². The number of piperidine rings is 1. The van der Waals surface area contributed by atoms with Crippen molar-refractivity contribution in [2.24, 2.45) is 5.92 Å². The van der Waals surface area contributed by atoms with Gasteiger partial charge in [0.15, 0.2) is 0 Å². The van der Waals surface area contributed by atoms with E-state index in [-0.39, 0.29) is 0 Å². The molecule has 0 bridgehead atoms. The molecule has 0 radical (unpaired) electrons. The van der Waals surface area contributed by atoms with Crippen LogP contribution in [0.3, 0.4) is 0 Å². The monoisotopic (exact) mass is 259 g/mol. The number of hydrogen-bond donors (Lipinski definition) is 0.